The van der Waals surface area contributed by atoms with Gasteiger partial charge in [0.2, 0.25) is 5.95 Å². The average Bonchev–Trinajstić information content (AvgIpc) is 3.29. The molecule has 0 fully saturated rings. The van der Waals surface area contributed by atoms with Gasteiger partial charge in [-0.2, -0.15) is 0 Å². The molecule has 7 nitrogen and oxygen atoms in total. The van der Waals surface area contributed by atoms with Crippen LogP contribution in [0.2, 0.25) is 0 Å². The first-order valence-electron chi connectivity index (χ1n) is 13.0. The van der Waals surface area contributed by atoms with E-state index in [1.807, 2.05) is 134 Å². The van der Waals surface area contributed by atoms with Gasteiger partial charge in [-0.15, -0.1) is 0 Å². The van der Waals surface area contributed by atoms with Crippen LogP contribution >= 0.6 is 15.9 Å². The molecular weight excluding hydrogens is 578 g/mol. The number of imidazole rings is 1. The molecule has 1 aromatic heterocycles. The third kappa shape index (κ3) is 7.17. The van der Waals surface area contributed by atoms with Crippen LogP contribution in [0.4, 0.5) is 23.0 Å². The van der Waals surface area contributed by atoms with E-state index in [1.165, 1.54) is 0 Å². The van der Waals surface area contributed by atoms with Crippen molar-refractivity contribution >= 4 is 50.0 Å². The Morgan fingerprint density at radius 2 is 1.29 bits per heavy atom. The SMILES string of the molecule is CNc1ccc(Oc2ccccc2)cc1N.Cn1c(Nc2ccc(Br)cc2)nc2cc(Oc3ccccc3)ccc21. The third-order valence-corrected chi connectivity index (χ3v) is 6.73. The van der Waals surface area contributed by atoms with E-state index < -0.39 is 0 Å². The van der Waals surface area contributed by atoms with Crippen molar-refractivity contribution in [1.82, 2.24) is 9.55 Å². The monoisotopic (exact) mass is 607 g/mol. The highest BCUT2D eigenvalue weighted by atomic mass is 79.9. The Morgan fingerprint density at radius 1 is 0.707 bits per heavy atom. The average molecular weight is 609 g/mol. The standard InChI is InChI=1S/C20H16BrN3O.C13H14N2O/c1-24-19-12-11-17(25-16-5-3-2-4-6-16)13-18(19)23-20(24)22-15-9-7-14(21)8-10-15;1-15-13-8-7-11(9-12(13)14)16-10-5-3-2-4-6-10/h2-13H,1H3,(H,22,23);2-9,15H,14H2,1H3. The Kier molecular flexibility index (Phi) is 8.71. The molecule has 0 saturated heterocycles. The van der Waals surface area contributed by atoms with E-state index in [1.54, 1.807) is 6.07 Å². The maximum Gasteiger partial charge on any atom is 0.208 e. The van der Waals surface area contributed by atoms with Crippen molar-refractivity contribution in [3.63, 3.8) is 0 Å². The number of ether oxygens (including phenoxy) is 2. The Bertz CT molecular complexity index is 1720. The molecule has 0 spiro atoms. The molecule has 0 saturated carbocycles. The molecule has 1 heterocycles. The van der Waals surface area contributed by atoms with Crippen LogP contribution in [-0.2, 0) is 7.05 Å². The van der Waals surface area contributed by atoms with Crippen LogP contribution in [0.25, 0.3) is 11.0 Å². The van der Waals surface area contributed by atoms with E-state index in [0.717, 1.165) is 55.8 Å². The number of rotatable bonds is 7. The molecule has 6 aromatic rings. The second-order valence-corrected chi connectivity index (χ2v) is 10.0. The van der Waals surface area contributed by atoms with Crippen LogP contribution in [0, 0.1) is 0 Å². The Morgan fingerprint density at radius 3 is 1.88 bits per heavy atom. The molecule has 0 amide bonds. The summed E-state index contributed by atoms with van der Waals surface area (Å²) in [5.74, 6) is 3.91. The second kappa shape index (κ2) is 12.9. The maximum absolute atomic E-state index is 5.89. The fraction of sp³-hybridized carbons (Fsp3) is 0.0606. The van der Waals surface area contributed by atoms with Gasteiger partial charge in [0, 0.05) is 36.4 Å². The number of para-hydroxylation sites is 2. The number of nitrogens with zero attached hydrogens (tertiary/aromatic N) is 2. The summed E-state index contributed by atoms with van der Waals surface area (Å²) < 4.78 is 14.6. The highest BCUT2D eigenvalue weighted by Crippen LogP contribution is 2.29. The van der Waals surface area contributed by atoms with Gasteiger partial charge in [0.1, 0.15) is 23.0 Å². The first-order valence-corrected chi connectivity index (χ1v) is 13.8. The van der Waals surface area contributed by atoms with Crippen molar-refractivity contribution in [1.29, 1.82) is 0 Å². The highest BCUT2D eigenvalue weighted by Gasteiger charge is 2.10. The molecule has 206 valence electrons. The van der Waals surface area contributed by atoms with Crippen LogP contribution in [0.1, 0.15) is 0 Å². The zero-order chi connectivity index (χ0) is 28.6. The van der Waals surface area contributed by atoms with Gasteiger partial charge >= 0.3 is 0 Å². The molecule has 0 bridgehead atoms. The number of aromatic nitrogens is 2. The van der Waals surface area contributed by atoms with E-state index in [2.05, 4.69) is 26.6 Å². The Hall–Kier alpha value is -4.95. The second-order valence-electron chi connectivity index (χ2n) is 9.11. The first-order chi connectivity index (χ1) is 20.0. The lowest BCUT2D eigenvalue weighted by Gasteiger charge is -2.09. The van der Waals surface area contributed by atoms with Gasteiger partial charge in [0.15, 0.2) is 0 Å². The van der Waals surface area contributed by atoms with Gasteiger partial charge in [0.05, 0.1) is 22.4 Å². The van der Waals surface area contributed by atoms with E-state index >= 15 is 0 Å². The van der Waals surface area contributed by atoms with Crippen molar-refractivity contribution in [2.45, 2.75) is 0 Å². The number of halogens is 1. The van der Waals surface area contributed by atoms with Crippen molar-refractivity contribution in [2.24, 2.45) is 7.05 Å². The Balaban J connectivity index is 0.000000182. The molecule has 0 radical (unpaired) electrons. The summed E-state index contributed by atoms with van der Waals surface area (Å²) in [5, 5.41) is 6.35. The van der Waals surface area contributed by atoms with Crippen molar-refractivity contribution < 1.29 is 9.47 Å². The molecule has 6 rings (SSSR count). The van der Waals surface area contributed by atoms with Gasteiger partial charge in [-0.25, -0.2) is 4.98 Å². The van der Waals surface area contributed by atoms with E-state index in [0.29, 0.717) is 5.69 Å². The van der Waals surface area contributed by atoms with Crippen molar-refractivity contribution in [3.8, 4) is 23.0 Å². The summed E-state index contributed by atoms with van der Waals surface area (Å²) in [6.45, 7) is 0. The van der Waals surface area contributed by atoms with E-state index in [9.17, 15) is 0 Å². The normalized spacial score (nSPS) is 10.4. The fourth-order valence-electron chi connectivity index (χ4n) is 4.10. The predicted molar refractivity (Wildman–Crippen MR) is 172 cm³/mol. The number of anilines is 4. The topological polar surface area (TPSA) is 86.4 Å². The quantitative estimate of drug-likeness (QED) is 0.157. The van der Waals surface area contributed by atoms with Crippen LogP contribution in [0.3, 0.4) is 0 Å². The molecular formula is C33H30BrN5O2. The Labute approximate surface area is 247 Å². The molecule has 8 heteroatoms. The molecule has 5 aromatic carbocycles. The summed E-state index contributed by atoms with van der Waals surface area (Å²) in [6, 6.07) is 38.9. The zero-order valence-electron chi connectivity index (χ0n) is 22.7. The van der Waals surface area contributed by atoms with Gasteiger partial charge in [-0.3, -0.25) is 0 Å². The number of hydrogen-bond acceptors (Lipinski definition) is 6. The number of benzene rings is 5. The number of nitrogens with two attached hydrogens (primary N) is 1. The van der Waals surface area contributed by atoms with E-state index in [-0.39, 0.29) is 0 Å². The van der Waals surface area contributed by atoms with Crippen molar-refractivity contribution in [2.75, 3.05) is 23.4 Å². The number of aryl methyl sites for hydroxylation is 1. The minimum absolute atomic E-state index is 0.677. The lowest BCUT2D eigenvalue weighted by atomic mass is 10.2. The predicted octanol–water partition coefficient (Wildman–Crippen LogP) is 8.97. The number of nitrogen functional groups attached to an aromatic ring is 1. The van der Waals surface area contributed by atoms with E-state index in [4.69, 9.17) is 20.2 Å². The summed E-state index contributed by atoms with van der Waals surface area (Å²) in [5.41, 5.74) is 10.3. The molecule has 0 aliphatic rings. The minimum Gasteiger partial charge on any atom is -0.457 e. The summed E-state index contributed by atoms with van der Waals surface area (Å²) in [6.07, 6.45) is 0. The lowest BCUT2D eigenvalue weighted by Crippen LogP contribution is -1.98. The molecule has 4 N–H and O–H groups in total. The first kappa shape index (κ1) is 27.6. The largest absolute Gasteiger partial charge is 0.457 e. The molecule has 0 aliphatic carbocycles. The summed E-state index contributed by atoms with van der Waals surface area (Å²) in [7, 11) is 3.83. The molecule has 0 atom stereocenters. The third-order valence-electron chi connectivity index (χ3n) is 6.20. The number of nitrogens with one attached hydrogen (secondary N) is 2. The van der Waals surface area contributed by atoms with Crippen LogP contribution in [-0.4, -0.2) is 16.6 Å². The van der Waals surface area contributed by atoms with Gasteiger partial charge < -0.3 is 30.4 Å². The molecule has 41 heavy (non-hydrogen) atoms. The summed E-state index contributed by atoms with van der Waals surface area (Å²) >= 11 is 3.45. The fourth-order valence-corrected chi connectivity index (χ4v) is 4.36. The van der Waals surface area contributed by atoms with Crippen molar-refractivity contribution in [3.05, 3.63) is 126 Å². The smallest absolute Gasteiger partial charge is 0.208 e. The van der Waals surface area contributed by atoms with Gasteiger partial charge in [-0.1, -0.05) is 52.3 Å². The molecule has 0 unspecified atom stereocenters. The van der Waals surface area contributed by atoms with Crippen LogP contribution in [0.5, 0.6) is 23.0 Å². The molecule has 0 aliphatic heterocycles. The summed E-state index contributed by atoms with van der Waals surface area (Å²) in [4.78, 5) is 4.69. The number of hydrogen-bond donors (Lipinski definition) is 3. The number of fused-ring (bicyclic) bond motifs is 1. The van der Waals surface area contributed by atoms with Gasteiger partial charge in [-0.05, 0) is 72.8 Å². The maximum atomic E-state index is 5.89. The highest BCUT2D eigenvalue weighted by molar-refractivity contribution is 9.10. The van der Waals surface area contributed by atoms with Crippen LogP contribution in [0.15, 0.2) is 126 Å². The lowest BCUT2D eigenvalue weighted by molar-refractivity contribution is 0.483. The van der Waals surface area contributed by atoms with Crippen LogP contribution < -0.4 is 25.8 Å². The minimum atomic E-state index is 0.677. The van der Waals surface area contributed by atoms with Gasteiger partial charge in [0.25, 0.3) is 0 Å². The zero-order valence-corrected chi connectivity index (χ0v) is 24.3.